The minimum Gasteiger partial charge on any atom is -0.465 e. The largest absolute Gasteiger partial charge is 0.465 e. The summed E-state index contributed by atoms with van der Waals surface area (Å²) in [6.07, 6.45) is 0. The van der Waals surface area contributed by atoms with Crippen molar-refractivity contribution in [3.05, 3.63) is 64.6 Å². The van der Waals surface area contributed by atoms with Gasteiger partial charge in [-0.15, -0.1) is 0 Å². The molecule has 0 N–H and O–H groups in total. The Balaban J connectivity index is 2.29. The lowest BCUT2D eigenvalue weighted by Gasteiger charge is -2.03. The molecule has 0 radical (unpaired) electrons. The molecule has 5 heteroatoms. The molecule has 0 atom stereocenters. The number of hydrogen-bond donors (Lipinski definition) is 0. The number of hydrogen-bond acceptors (Lipinski definition) is 4. The number of esters is 1. The number of aromatic nitrogens is 1. The number of para-hydroxylation sites is 1. The zero-order valence-electron chi connectivity index (χ0n) is 10.7. The number of nitrogens with zero attached hydrogens (tertiary/aromatic N) is 1. The van der Waals surface area contributed by atoms with E-state index < -0.39 is 11.7 Å². The van der Waals surface area contributed by atoms with E-state index >= 15 is 0 Å². The summed E-state index contributed by atoms with van der Waals surface area (Å²) in [4.78, 5) is 23.5. The third kappa shape index (κ3) is 1.89. The lowest BCUT2D eigenvalue weighted by molar-refractivity contribution is 0.0601. The molecule has 0 aliphatic carbocycles. The van der Waals surface area contributed by atoms with Crippen LogP contribution in [0.3, 0.4) is 0 Å². The van der Waals surface area contributed by atoms with Crippen LogP contribution in [-0.4, -0.2) is 17.6 Å². The summed E-state index contributed by atoms with van der Waals surface area (Å²) in [6.45, 7) is 0. The van der Waals surface area contributed by atoms with E-state index in [-0.39, 0.29) is 0 Å². The van der Waals surface area contributed by atoms with Crippen LogP contribution in [0, 0.1) is 0 Å². The van der Waals surface area contributed by atoms with Gasteiger partial charge >= 0.3 is 11.7 Å². The highest BCUT2D eigenvalue weighted by molar-refractivity contribution is 5.93. The predicted octanol–water partition coefficient (Wildman–Crippen LogP) is 2.37. The molecule has 1 heterocycles. The Morgan fingerprint density at radius 1 is 1.15 bits per heavy atom. The van der Waals surface area contributed by atoms with Gasteiger partial charge in [0.25, 0.3) is 0 Å². The number of methoxy groups -OCH3 is 1. The van der Waals surface area contributed by atoms with E-state index in [1.807, 2.05) is 18.2 Å². The molecule has 3 aromatic rings. The summed E-state index contributed by atoms with van der Waals surface area (Å²) in [5, 5.41) is 0. The lowest BCUT2D eigenvalue weighted by Crippen LogP contribution is -2.11. The van der Waals surface area contributed by atoms with Crippen molar-refractivity contribution in [2.75, 3.05) is 7.11 Å². The smallest absolute Gasteiger partial charge is 0.424 e. The summed E-state index contributed by atoms with van der Waals surface area (Å²) >= 11 is 0. The van der Waals surface area contributed by atoms with Crippen molar-refractivity contribution in [3.63, 3.8) is 0 Å². The molecule has 20 heavy (non-hydrogen) atoms. The lowest BCUT2D eigenvalue weighted by atomic mass is 10.2. The maximum absolute atomic E-state index is 12.0. The van der Waals surface area contributed by atoms with Crippen molar-refractivity contribution >= 4 is 17.1 Å². The molecule has 0 saturated heterocycles. The second-order valence-electron chi connectivity index (χ2n) is 4.21. The van der Waals surface area contributed by atoms with Gasteiger partial charge in [-0.1, -0.05) is 18.2 Å². The van der Waals surface area contributed by atoms with Crippen molar-refractivity contribution in [1.29, 1.82) is 0 Å². The Hall–Kier alpha value is -2.82. The van der Waals surface area contributed by atoms with Crippen LogP contribution in [0.4, 0.5) is 0 Å². The van der Waals surface area contributed by atoms with Crippen molar-refractivity contribution in [2.45, 2.75) is 0 Å². The molecule has 0 unspecified atom stereocenters. The van der Waals surface area contributed by atoms with Crippen LogP contribution in [0.25, 0.3) is 16.8 Å². The summed E-state index contributed by atoms with van der Waals surface area (Å²) in [6, 6.07) is 13.8. The van der Waals surface area contributed by atoms with E-state index in [1.54, 1.807) is 30.3 Å². The van der Waals surface area contributed by atoms with E-state index in [2.05, 4.69) is 4.74 Å². The van der Waals surface area contributed by atoms with Gasteiger partial charge in [0, 0.05) is 0 Å². The Kier molecular flexibility index (Phi) is 2.87. The minimum absolute atomic E-state index is 0.366. The average Bonchev–Trinajstić information content (AvgIpc) is 2.82. The number of benzene rings is 2. The van der Waals surface area contributed by atoms with Crippen molar-refractivity contribution in [1.82, 2.24) is 4.57 Å². The van der Waals surface area contributed by atoms with Gasteiger partial charge in [0.2, 0.25) is 0 Å². The Labute approximate surface area is 114 Å². The fourth-order valence-electron chi connectivity index (χ4n) is 2.08. The van der Waals surface area contributed by atoms with Crippen LogP contribution in [0.1, 0.15) is 10.4 Å². The quantitative estimate of drug-likeness (QED) is 0.670. The van der Waals surface area contributed by atoms with Crippen molar-refractivity contribution in [3.8, 4) is 5.69 Å². The first-order valence-corrected chi connectivity index (χ1v) is 6.00. The van der Waals surface area contributed by atoms with Crippen LogP contribution < -0.4 is 5.76 Å². The molecular formula is C15H11NO4. The van der Waals surface area contributed by atoms with Gasteiger partial charge in [0.15, 0.2) is 5.58 Å². The Bertz CT molecular complexity index is 830. The number of fused-ring (bicyclic) bond motifs is 1. The van der Waals surface area contributed by atoms with E-state index in [1.165, 1.54) is 11.7 Å². The molecule has 3 rings (SSSR count). The highest BCUT2D eigenvalue weighted by Gasteiger charge is 2.14. The standard InChI is InChI=1S/C15H11NO4/c1-19-14(17)10-7-8-13-12(9-10)16(15(18)20-13)11-5-3-2-4-6-11/h2-9H,1H3. The molecule has 0 spiro atoms. The summed E-state index contributed by atoms with van der Waals surface area (Å²) in [5.74, 6) is -0.951. The second-order valence-corrected chi connectivity index (χ2v) is 4.21. The maximum Gasteiger partial charge on any atom is 0.424 e. The van der Waals surface area contributed by atoms with Gasteiger partial charge in [0.1, 0.15) is 0 Å². The normalized spacial score (nSPS) is 10.7. The SMILES string of the molecule is COC(=O)c1ccc2oc(=O)n(-c3ccccc3)c2c1. The van der Waals surface area contributed by atoms with E-state index in [0.29, 0.717) is 22.4 Å². The summed E-state index contributed by atoms with van der Waals surface area (Å²) < 4.78 is 11.3. The van der Waals surface area contributed by atoms with Gasteiger partial charge in [0.05, 0.1) is 23.9 Å². The van der Waals surface area contributed by atoms with Crippen LogP contribution in [0.5, 0.6) is 0 Å². The van der Waals surface area contributed by atoms with E-state index in [4.69, 9.17) is 4.42 Å². The van der Waals surface area contributed by atoms with Crippen molar-refractivity contribution in [2.24, 2.45) is 0 Å². The third-order valence-electron chi connectivity index (χ3n) is 3.02. The molecule has 0 fully saturated rings. The third-order valence-corrected chi connectivity index (χ3v) is 3.02. The molecule has 1 aromatic heterocycles. The van der Waals surface area contributed by atoms with Gasteiger partial charge in [-0.2, -0.15) is 0 Å². The minimum atomic E-state index is -0.492. The van der Waals surface area contributed by atoms with Crippen LogP contribution in [0.2, 0.25) is 0 Å². The molecule has 0 aliphatic heterocycles. The molecule has 5 nitrogen and oxygen atoms in total. The van der Waals surface area contributed by atoms with Gasteiger partial charge < -0.3 is 9.15 Å². The van der Waals surface area contributed by atoms with Crippen LogP contribution in [-0.2, 0) is 4.74 Å². The molecule has 0 bridgehead atoms. The number of oxazole rings is 1. The first kappa shape index (κ1) is 12.2. The topological polar surface area (TPSA) is 61.4 Å². The van der Waals surface area contributed by atoms with Crippen molar-refractivity contribution < 1.29 is 13.9 Å². The average molecular weight is 269 g/mol. The van der Waals surface area contributed by atoms with Crippen LogP contribution >= 0.6 is 0 Å². The Morgan fingerprint density at radius 2 is 1.90 bits per heavy atom. The number of ether oxygens (including phenoxy) is 1. The predicted molar refractivity (Wildman–Crippen MR) is 73.2 cm³/mol. The Morgan fingerprint density at radius 3 is 2.60 bits per heavy atom. The first-order valence-electron chi connectivity index (χ1n) is 6.00. The number of rotatable bonds is 2. The monoisotopic (exact) mass is 269 g/mol. The summed E-state index contributed by atoms with van der Waals surface area (Å²) in [7, 11) is 1.31. The number of carbonyl (C=O) groups excluding carboxylic acids is 1. The van der Waals surface area contributed by atoms with E-state index in [0.717, 1.165) is 0 Å². The fourth-order valence-corrected chi connectivity index (χ4v) is 2.08. The van der Waals surface area contributed by atoms with Crippen LogP contribution in [0.15, 0.2) is 57.7 Å². The second kappa shape index (κ2) is 4.70. The van der Waals surface area contributed by atoms with Gasteiger partial charge in [-0.05, 0) is 30.3 Å². The zero-order valence-corrected chi connectivity index (χ0v) is 10.7. The number of carbonyl (C=O) groups is 1. The zero-order chi connectivity index (χ0) is 14.1. The van der Waals surface area contributed by atoms with E-state index in [9.17, 15) is 9.59 Å². The highest BCUT2D eigenvalue weighted by Crippen LogP contribution is 2.19. The summed E-state index contributed by atoms with van der Waals surface area (Å²) in [5.41, 5.74) is 2.00. The molecular weight excluding hydrogens is 258 g/mol. The molecule has 0 saturated carbocycles. The fraction of sp³-hybridized carbons (Fsp3) is 0.0667. The molecule has 0 aliphatic rings. The highest BCUT2D eigenvalue weighted by atomic mass is 16.5. The molecule has 2 aromatic carbocycles. The molecule has 100 valence electrons. The maximum atomic E-state index is 12.0. The van der Waals surface area contributed by atoms with Gasteiger partial charge in [-0.3, -0.25) is 0 Å². The first-order chi connectivity index (χ1) is 9.70. The molecule has 0 amide bonds. The van der Waals surface area contributed by atoms with Gasteiger partial charge in [-0.25, -0.2) is 14.2 Å².